The summed E-state index contributed by atoms with van der Waals surface area (Å²) in [6, 6.07) is 8.28. The zero-order chi connectivity index (χ0) is 19.7. The van der Waals surface area contributed by atoms with Crippen LogP contribution in [0.4, 0.5) is 0 Å². The number of hydrogen-bond acceptors (Lipinski definition) is 5. The summed E-state index contributed by atoms with van der Waals surface area (Å²) in [5.41, 5.74) is 6.39. The molecule has 0 aliphatic heterocycles. The second-order valence-electron chi connectivity index (χ2n) is 6.30. The van der Waals surface area contributed by atoms with Crippen LogP contribution in [0, 0.1) is 11.3 Å². The molecule has 27 heavy (non-hydrogen) atoms. The van der Waals surface area contributed by atoms with E-state index >= 15 is 0 Å². The van der Waals surface area contributed by atoms with E-state index in [0.29, 0.717) is 18.4 Å². The molecule has 3 aromatic rings. The molecule has 0 saturated carbocycles. The first kappa shape index (κ1) is 18.1. The molecule has 0 aliphatic carbocycles. The second kappa shape index (κ2) is 6.92. The number of primary amides is 1. The van der Waals surface area contributed by atoms with Gasteiger partial charge in [-0.15, -0.1) is 0 Å². The Balaban J connectivity index is 2.00. The Morgan fingerprint density at radius 1 is 1.22 bits per heavy atom. The molecular formula is C18H18N6O3. The van der Waals surface area contributed by atoms with Gasteiger partial charge < -0.3 is 10.3 Å². The van der Waals surface area contributed by atoms with Crippen LogP contribution in [0.5, 0.6) is 0 Å². The fourth-order valence-corrected chi connectivity index (χ4v) is 3.07. The highest BCUT2D eigenvalue weighted by molar-refractivity contribution is 5.81. The fourth-order valence-electron chi connectivity index (χ4n) is 3.07. The fraction of sp³-hybridized carbons (Fsp3) is 0.278. The van der Waals surface area contributed by atoms with E-state index in [2.05, 4.69) is 4.98 Å². The van der Waals surface area contributed by atoms with Gasteiger partial charge in [0.1, 0.15) is 6.04 Å². The quantitative estimate of drug-likeness (QED) is 0.678. The Hall–Kier alpha value is -3.67. The number of carbonyl (C=O) groups is 1. The number of nitrogens with zero attached hydrogens (tertiary/aromatic N) is 5. The van der Waals surface area contributed by atoms with Crippen molar-refractivity contribution in [2.75, 3.05) is 0 Å². The summed E-state index contributed by atoms with van der Waals surface area (Å²) in [6.07, 6.45) is 2.23. The first-order valence-corrected chi connectivity index (χ1v) is 8.26. The van der Waals surface area contributed by atoms with Gasteiger partial charge in [-0.05, 0) is 30.5 Å². The second-order valence-corrected chi connectivity index (χ2v) is 6.30. The maximum Gasteiger partial charge on any atom is 0.332 e. The lowest BCUT2D eigenvalue weighted by atomic mass is 10.0. The van der Waals surface area contributed by atoms with Crippen molar-refractivity contribution in [3.05, 3.63) is 62.6 Å². The standard InChI is InChI=1S/C18H18N6O3/c1-22-16-14(17(26)23(2)18(22)27)24(10-21-16)13(15(20)25)8-7-11-3-5-12(9-19)6-4-11/h3-6,10,13H,7-8H2,1-2H3,(H2,20,25). The van der Waals surface area contributed by atoms with Crippen LogP contribution in [-0.4, -0.2) is 24.6 Å². The first-order valence-electron chi connectivity index (χ1n) is 8.26. The van der Waals surface area contributed by atoms with Crippen molar-refractivity contribution in [1.29, 1.82) is 5.26 Å². The largest absolute Gasteiger partial charge is 0.368 e. The lowest BCUT2D eigenvalue weighted by Gasteiger charge is -2.16. The van der Waals surface area contributed by atoms with Crippen LogP contribution in [0.3, 0.4) is 0 Å². The van der Waals surface area contributed by atoms with Gasteiger partial charge in [0, 0.05) is 14.1 Å². The van der Waals surface area contributed by atoms with Gasteiger partial charge in [0.25, 0.3) is 5.56 Å². The maximum atomic E-state index is 12.6. The lowest BCUT2D eigenvalue weighted by Crippen LogP contribution is -2.38. The van der Waals surface area contributed by atoms with Crippen LogP contribution in [0.25, 0.3) is 11.2 Å². The summed E-state index contributed by atoms with van der Waals surface area (Å²) < 4.78 is 3.66. The van der Waals surface area contributed by atoms with Crippen molar-refractivity contribution >= 4 is 17.1 Å². The Morgan fingerprint density at radius 3 is 2.48 bits per heavy atom. The monoisotopic (exact) mass is 366 g/mol. The van der Waals surface area contributed by atoms with Gasteiger partial charge in [0.15, 0.2) is 11.2 Å². The SMILES string of the molecule is Cn1c(=O)c2c(ncn2C(CCc2ccc(C#N)cc2)C(N)=O)n(C)c1=O. The van der Waals surface area contributed by atoms with E-state index in [9.17, 15) is 14.4 Å². The molecule has 3 rings (SSSR count). The smallest absolute Gasteiger partial charge is 0.332 e. The molecule has 2 heterocycles. The van der Waals surface area contributed by atoms with Crippen molar-refractivity contribution in [2.24, 2.45) is 19.8 Å². The summed E-state index contributed by atoms with van der Waals surface area (Å²) in [6.45, 7) is 0. The van der Waals surface area contributed by atoms with Crippen LogP contribution in [0.2, 0.25) is 0 Å². The first-order chi connectivity index (χ1) is 12.8. The molecule has 2 N–H and O–H groups in total. The van der Waals surface area contributed by atoms with Crippen molar-refractivity contribution in [2.45, 2.75) is 18.9 Å². The Kier molecular flexibility index (Phi) is 4.64. The maximum absolute atomic E-state index is 12.6. The molecule has 2 aromatic heterocycles. The highest BCUT2D eigenvalue weighted by Gasteiger charge is 2.23. The third kappa shape index (κ3) is 3.13. The average molecular weight is 366 g/mol. The molecule has 1 amide bonds. The zero-order valence-electron chi connectivity index (χ0n) is 14.9. The number of benzene rings is 1. The molecule has 0 spiro atoms. The molecular weight excluding hydrogens is 348 g/mol. The van der Waals surface area contributed by atoms with Crippen LogP contribution in [-0.2, 0) is 25.3 Å². The number of rotatable bonds is 5. The number of imidazole rings is 1. The van der Waals surface area contributed by atoms with Gasteiger partial charge in [-0.3, -0.25) is 18.7 Å². The van der Waals surface area contributed by atoms with E-state index in [1.165, 1.54) is 29.6 Å². The molecule has 9 heteroatoms. The lowest BCUT2D eigenvalue weighted by molar-refractivity contribution is -0.121. The number of carbonyl (C=O) groups excluding carboxylic acids is 1. The van der Waals surface area contributed by atoms with E-state index in [0.717, 1.165) is 10.1 Å². The summed E-state index contributed by atoms with van der Waals surface area (Å²) in [4.78, 5) is 40.8. The molecule has 0 radical (unpaired) electrons. The van der Waals surface area contributed by atoms with Gasteiger partial charge in [0.05, 0.1) is 18.0 Å². The molecule has 0 saturated heterocycles. The predicted molar refractivity (Wildman–Crippen MR) is 97.9 cm³/mol. The minimum atomic E-state index is -0.796. The Labute approximate surface area is 153 Å². The molecule has 0 fully saturated rings. The number of nitrogens with two attached hydrogens (primary N) is 1. The number of aryl methyl sites for hydroxylation is 2. The van der Waals surface area contributed by atoms with Crippen LogP contribution in [0.1, 0.15) is 23.6 Å². The van der Waals surface area contributed by atoms with Gasteiger partial charge >= 0.3 is 5.69 Å². The Bertz CT molecular complexity index is 1180. The van der Waals surface area contributed by atoms with E-state index in [1.54, 1.807) is 12.1 Å². The number of amides is 1. The number of fused-ring (bicyclic) bond motifs is 1. The van der Waals surface area contributed by atoms with Crippen molar-refractivity contribution in [3.8, 4) is 6.07 Å². The molecule has 138 valence electrons. The molecule has 0 bridgehead atoms. The summed E-state index contributed by atoms with van der Waals surface area (Å²) in [5, 5.41) is 8.86. The number of aromatic nitrogens is 4. The van der Waals surface area contributed by atoms with Crippen LogP contribution < -0.4 is 17.0 Å². The van der Waals surface area contributed by atoms with Crippen molar-refractivity contribution in [1.82, 2.24) is 18.7 Å². The summed E-state index contributed by atoms with van der Waals surface area (Å²) in [7, 11) is 2.88. The highest BCUT2D eigenvalue weighted by Crippen LogP contribution is 2.19. The Morgan fingerprint density at radius 2 is 1.89 bits per heavy atom. The highest BCUT2D eigenvalue weighted by atomic mass is 16.2. The topological polar surface area (TPSA) is 129 Å². The van der Waals surface area contributed by atoms with E-state index in [-0.39, 0.29) is 11.2 Å². The summed E-state index contributed by atoms with van der Waals surface area (Å²) in [5.74, 6) is -0.598. The minimum absolute atomic E-state index is 0.156. The average Bonchev–Trinajstić information content (AvgIpc) is 3.10. The van der Waals surface area contributed by atoms with Gasteiger partial charge in [-0.25, -0.2) is 9.78 Å². The number of nitriles is 1. The molecule has 0 aliphatic rings. The van der Waals surface area contributed by atoms with Gasteiger partial charge in [-0.1, -0.05) is 12.1 Å². The molecule has 9 nitrogen and oxygen atoms in total. The van der Waals surface area contributed by atoms with Crippen molar-refractivity contribution < 1.29 is 4.79 Å². The normalized spacial score (nSPS) is 12.0. The van der Waals surface area contributed by atoms with Crippen molar-refractivity contribution in [3.63, 3.8) is 0 Å². The van der Waals surface area contributed by atoms with Gasteiger partial charge in [-0.2, -0.15) is 5.26 Å². The van der Waals surface area contributed by atoms with Gasteiger partial charge in [0.2, 0.25) is 5.91 Å². The van der Waals surface area contributed by atoms with Crippen LogP contribution >= 0.6 is 0 Å². The molecule has 1 atom stereocenters. The van der Waals surface area contributed by atoms with Crippen LogP contribution in [0.15, 0.2) is 40.2 Å². The molecule has 1 unspecified atom stereocenters. The third-order valence-corrected chi connectivity index (χ3v) is 4.63. The molecule has 1 aromatic carbocycles. The number of hydrogen-bond donors (Lipinski definition) is 1. The van der Waals surface area contributed by atoms with E-state index in [4.69, 9.17) is 11.0 Å². The van der Waals surface area contributed by atoms with E-state index in [1.807, 2.05) is 18.2 Å². The summed E-state index contributed by atoms with van der Waals surface area (Å²) >= 11 is 0. The zero-order valence-corrected chi connectivity index (χ0v) is 14.9. The minimum Gasteiger partial charge on any atom is -0.368 e. The third-order valence-electron chi connectivity index (χ3n) is 4.63. The van der Waals surface area contributed by atoms with E-state index < -0.39 is 23.2 Å². The predicted octanol–water partition coefficient (Wildman–Crippen LogP) is -0.0354.